The minimum atomic E-state index is -0.439. The second-order valence-electron chi connectivity index (χ2n) is 6.84. The molecule has 156 valence electrons. The summed E-state index contributed by atoms with van der Waals surface area (Å²) in [6.07, 6.45) is 0. The summed E-state index contributed by atoms with van der Waals surface area (Å²) in [5.41, 5.74) is 1.98. The summed E-state index contributed by atoms with van der Waals surface area (Å²) in [5, 5.41) is 5.93. The number of hydrogen-bond acceptors (Lipinski definition) is 6. The summed E-state index contributed by atoms with van der Waals surface area (Å²) < 4.78 is 5.24. The molecule has 1 aromatic heterocycles. The Labute approximate surface area is 180 Å². The smallest absolute Gasteiger partial charge is 0.341 e. The van der Waals surface area contributed by atoms with Crippen molar-refractivity contribution >= 4 is 39.8 Å². The first-order valence-electron chi connectivity index (χ1n) is 9.81. The minimum absolute atomic E-state index is 0.120. The van der Waals surface area contributed by atoms with Crippen molar-refractivity contribution in [1.29, 1.82) is 0 Å². The first-order valence-corrected chi connectivity index (χ1v) is 11.1. The van der Waals surface area contributed by atoms with E-state index in [2.05, 4.69) is 22.0 Å². The molecular weight excluding hydrogens is 410 g/mol. The highest BCUT2D eigenvalue weighted by molar-refractivity contribution is 7.15. The molecule has 29 heavy (non-hydrogen) atoms. The van der Waals surface area contributed by atoms with Crippen LogP contribution in [0.4, 0.5) is 5.00 Å². The zero-order valence-electron chi connectivity index (χ0n) is 16.7. The van der Waals surface area contributed by atoms with Crippen LogP contribution in [0.3, 0.4) is 0 Å². The van der Waals surface area contributed by atoms with E-state index in [0.29, 0.717) is 22.1 Å². The van der Waals surface area contributed by atoms with Gasteiger partial charge in [0.25, 0.3) is 0 Å². The molecule has 1 amide bonds. The molecule has 1 aliphatic heterocycles. The summed E-state index contributed by atoms with van der Waals surface area (Å²) in [4.78, 5) is 29.7. The maximum atomic E-state index is 12.6. The molecule has 1 aliphatic rings. The zero-order valence-corrected chi connectivity index (χ0v) is 18.3. The lowest BCUT2D eigenvalue weighted by Gasteiger charge is -2.33. The number of nitrogens with zero attached hydrogens (tertiary/aromatic N) is 2. The van der Waals surface area contributed by atoms with Crippen molar-refractivity contribution in [2.75, 3.05) is 51.2 Å². The van der Waals surface area contributed by atoms with E-state index >= 15 is 0 Å². The number of rotatable bonds is 7. The number of nitrogens with one attached hydrogen (secondary N) is 1. The van der Waals surface area contributed by atoms with Crippen LogP contribution in [0.5, 0.6) is 0 Å². The third-order valence-electron chi connectivity index (χ3n) is 4.96. The molecule has 0 unspecified atom stereocenters. The van der Waals surface area contributed by atoms with Crippen LogP contribution in [0.1, 0.15) is 24.2 Å². The molecule has 1 fully saturated rings. The molecule has 0 aliphatic carbocycles. The van der Waals surface area contributed by atoms with Crippen molar-refractivity contribution in [3.05, 3.63) is 40.2 Å². The van der Waals surface area contributed by atoms with Gasteiger partial charge in [0.15, 0.2) is 0 Å². The molecule has 8 heteroatoms. The van der Waals surface area contributed by atoms with Crippen molar-refractivity contribution < 1.29 is 14.3 Å². The standard InChI is InChI=1S/C21H26ClN3O3S/c1-3-24-9-11-25(12-10-24)13-18(26)23-20-19(21(27)28-4-2)17(14-29-20)15-5-7-16(22)8-6-15/h5-8,14H,3-4,9-13H2,1-2H3,(H,23,26). The Hall–Kier alpha value is -1.93. The number of amides is 1. The number of anilines is 1. The molecule has 0 spiro atoms. The number of esters is 1. The van der Waals surface area contributed by atoms with E-state index < -0.39 is 5.97 Å². The molecule has 1 N–H and O–H groups in total. The average Bonchev–Trinajstić information content (AvgIpc) is 3.12. The van der Waals surface area contributed by atoms with Gasteiger partial charge in [0.05, 0.1) is 13.2 Å². The van der Waals surface area contributed by atoms with Crippen LogP contribution in [0.2, 0.25) is 5.02 Å². The van der Waals surface area contributed by atoms with E-state index in [1.807, 2.05) is 17.5 Å². The molecule has 1 aromatic carbocycles. The van der Waals surface area contributed by atoms with Gasteiger partial charge in [-0.05, 0) is 31.2 Å². The maximum Gasteiger partial charge on any atom is 0.341 e. The van der Waals surface area contributed by atoms with E-state index in [0.717, 1.165) is 43.9 Å². The summed E-state index contributed by atoms with van der Waals surface area (Å²) in [7, 11) is 0. The number of benzene rings is 1. The number of carbonyl (C=O) groups is 2. The molecular formula is C21H26ClN3O3S. The van der Waals surface area contributed by atoms with Crippen LogP contribution in [-0.4, -0.2) is 67.6 Å². The minimum Gasteiger partial charge on any atom is -0.462 e. The quantitative estimate of drug-likeness (QED) is 0.670. The summed E-state index contributed by atoms with van der Waals surface area (Å²) in [6.45, 7) is 9.20. The van der Waals surface area contributed by atoms with Gasteiger partial charge >= 0.3 is 5.97 Å². The Morgan fingerprint density at radius 1 is 1.10 bits per heavy atom. The van der Waals surface area contributed by atoms with Crippen molar-refractivity contribution in [1.82, 2.24) is 9.80 Å². The Balaban J connectivity index is 1.75. The third-order valence-corrected chi connectivity index (χ3v) is 6.11. The second-order valence-corrected chi connectivity index (χ2v) is 8.16. The van der Waals surface area contributed by atoms with Gasteiger partial charge in [-0.25, -0.2) is 4.79 Å². The number of ether oxygens (including phenoxy) is 1. The molecule has 0 saturated carbocycles. The van der Waals surface area contributed by atoms with Crippen molar-refractivity contribution in [3.8, 4) is 11.1 Å². The third kappa shape index (κ3) is 5.57. The highest BCUT2D eigenvalue weighted by Crippen LogP contribution is 2.36. The van der Waals surface area contributed by atoms with Crippen molar-refractivity contribution in [2.45, 2.75) is 13.8 Å². The number of piperazine rings is 1. The molecule has 0 bridgehead atoms. The Morgan fingerprint density at radius 2 is 1.76 bits per heavy atom. The molecule has 2 aromatic rings. The lowest BCUT2D eigenvalue weighted by molar-refractivity contribution is -0.117. The van der Waals surface area contributed by atoms with Crippen molar-refractivity contribution in [3.63, 3.8) is 0 Å². The van der Waals surface area contributed by atoms with E-state index in [4.69, 9.17) is 16.3 Å². The van der Waals surface area contributed by atoms with Gasteiger partial charge < -0.3 is 15.0 Å². The molecule has 0 atom stereocenters. The number of carbonyl (C=O) groups excluding carboxylic acids is 2. The summed E-state index contributed by atoms with van der Waals surface area (Å²) in [6, 6.07) is 7.26. The fourth-order valence-electron chi connectivity index (χ4n) is 3.33. The molecule has 2 heterocycles. The summed E-state index contributed by atoms with van der Waals surface area (Å²) >= 11 is 7.31. The normalized spacial score (nSPS) is 15.3. The van der Waals surface area contributed by atoms with Gasteiger partial charge in [-0.3, -0.25) is 9.69 Å². The van der Waals surface area contributed by atoms with Gasteiger partial charge in [-0.2, -0.15) is 0 Å². The largest absolute Gasteiger partial charge is 0.462 e. The SMILES string of the molecule is CCOC(=O)c1c(-c2ccc(Cl)cc2)csc1NC(=O)CN1CCN(CC)CC1. The van der Waals surface area contributed by atoms with Crippen molar-refractivity contribution in [2.24, 2.45) is 0 Å². The van der Waals surface area contributed by atoms with E-state index in [1.165, 1.54) is 11.3 Å². The average molecular weight is 436 g/mol. The van der Waals surface area contributed by atoms with Crippen LogP contribution in [0.25, 0.3) is 11.1 Å². The Kier molecular flexibility index (Phi) is 7.66. The molecule has 3 rings (SSSR count). The van der Waals surface area contributed by atoms with Crippen LogP contribution < -0.4 is 5.32 Å². The van der Waals surface area contributed by atoms with Crippen LogP contribution >= 0.6 is 22.9 Å². The lowest BCUT2D eigenvalue weighted by atomic mass is 10.0. The molecule has 0 radical (unpaired) electrons. The Bertz CT molecular complexity index is 845. The highest BCUT2D eigenvalue weighted by atomic mass is 35.5. The lowest BCUT2D eigenvalue weighted by Crippen LogP contribution is -2.48. The number of hydrogen-bond donors (Lipinski definition) is 1. The van der Waals surface area contributed by atoms with E-state index in [1.54, 1.807) is 19.1 Å². The monoisotopic (exact) mass is 435 g/mol. The second kappa shape index (κ2) is 10.2. The van der Waals surface area contributed by atoms with Crippen LogP contribution in [0, 0.1) is 0 Å². The number of thiophene rings is 1. The van der Waals surface area contributed by atoms with Crippen LogP contribution in [-0.2, 0) is 9.53 Å². The summed E-state index contributed by atoms with van der Waals surface area (Å²) in [5.74, 6) is -0.560. The predicted molar refractivity (Wildman–Crippen MR) is 118 cm³/mol. The topological polar surface area (TPSA) is 61.9 Å². The van der Waals surface area contributed by atoms with E-state index in [-0.39, 0.29) is 12.5 Å². The molecule has 1 saturated heterocycles. The number of likely N-dealkylation sites (N-methyl/N-ethyl adjacent to an activating group) is 1. The zero-order chi connectivity index (χ0) is 20.8. The van der Waals surface area contributed by atoms with Gasteiger partial charge in [0.2, 0.25) is 5.91 Å². The predicted octanol–water partition coefficient (Wildman–Crippen LogP) is 3.82. The van der Waals surface area contributed by atoms with Gasteiger partial charge in [-0.15, -0.1) is 11.3 Å². The van der Waals surface area contributed by atoms with Gasteiger partial charge in [0.1, 0.15) is 10.6 Å². The fraction of sp³-hybridized carbons (Fsp3) is 0.429. The van der Waals surface area contributed by atoms with E-state index in [9.17, 15) is 9.59 Å². The van der Waals surface area contributed by atoms with Gasteiger partial charge in [0, 0.05) is 42.1 Å². The maximum absolute atomic E-state index is 12.6. The highest BCUT2D eigenvalue weighted by Gasteiger charge is 2.24. The molecule has 6 nitrogen and oxygen atoms in total. The fourth-order valence-corrected chi connectivity index (χ4v) is 4.43. The van der Waals surface area contributed by atoms with Gasteiger partial charge in [-0.1, -0.05) is 30.7 Å². The first kappa shape index (κ1) is 21.8. The van der Waals surface area contributed by atoms with Crippen LogP contribution in [0.15, 0.2) is 29.6 Å². The Morgan fingerprint density at radius 3 is 2.38 bits per heavy atom. The number of halogens is 1. The first-order chi connectivity index (χ1) is 14.0.